The summed E-state index contributed by atoms with van der Waals surface area (Å²) in [5, 5.41) is 3.17. The highest BCUT2D eigenvalue weighted by molar-refractivity contribution is 9.10. The van der Waals surface area contributed by atoms with Crippen molar-refractivity contribution >= 4 is 15.9 Å². The molecule has 2 nitrogen and oxygen atoms in total. The minimum atomic E-state index is -0.358. The van der Waals surface area contributed by atoms with Crippen LogP contribution in [0.2, 0.25) is 0 Å². The predicted octanol–water partition coefficient (Wildman–Crippen LogP) is 4.49. The first-order valence-electron chi connectivity index (χ1n) is 6.91. The van der Waals surface area contributed by atoms with Crippen LogP contribution in [-0.2, 0) is 6.61 Å². The van der Waals surface area contributed by atoms with Gasteiger partial charge in [-0.05, 0) is 42.3 Å². The molecule has 112 valence electrons. The van der Waals surface area contributed by atoms with E-state index in [1.54, 1.807) is 12.1 Å². The smallest absolute Gasteiger partial charge is 0.166 e. The average Bonchev–Trinajstić information content (AvgIpc) is 2.47. The molecule has 2 aromatic carbocycles. The highest BCUT2D eigenvalue weighted by Gasteiger charge is 2.06. The molecule has 0 amide bonds. The fourth-order valence-corrected chi connectivity index (χ4v) is 2.45. The van der Waals surface area contributed by atoms with Crippen LogP contribution in [0.25, 0.3) is 0 Å². The van der Waals surface area contributed by atoms with Crippen LogP contribution in [0.1, 0.15) is 24.0 Å². The van der Waals surface area contributed by atoms with Crippen molar-refractivity contribution in [2.75, 3.05) is 13.6 Å². The van der Waals surface area contributed by atoms with Gasteiger partial charge in [-0.1, -0.05) is 47.1 Å². The van der Waals surface area contributed by atoms with Gasteiger partial charge in [-0.2, -0.15) is 0 Å². The zero-order valence-electron chi connectivity index (χ0n) is 12.2. The number of halogens is 2. The maximum Gasteiger partial charge on any atom is 0.166 e. The van der Waals surface area contributed by atoms with E-state index in [0.29, 0.717) is 17.0 Å². The van der Waals surface area contributed by atoms with Crippen molar-refractivity contribution in [2.45, 2.75) is 19.4 Å². The van der Waals surface area contributed by atoms with Crippen molar-refractivity contribution < 1.29 is 9.13 Å². The average molecular weight is 352 g/mol. The summed E-state index contributed by atoms with van der Waals surface area (Å²) in [6.07, 6.45) is 0. The molecule has 2 aromatic rings. The minimum absolute atomic E-state index is 0.269. The van der Waals surface area contributed by atoms with Gasteiger partial charge in [0.2, 0.25) is 0 Å². The Hall–Kier alpha value is -1.39. The first-order chi connectivity index (χ1) is 10.1. The molecule has 0 spiro atoms. The Morgan fingerprint density at radius 3 is 2.52 bits per heavy atom. The van der Waals surface area contributed by atoms with E-state index in [1.165, 1.54) is 11.6 Å². The molecule has 0 saturated carbocycles. The largest absolute Gasteiger partial charge is 0.486 e. The van der Waals surface area contributed by atoms with Crippen molar-refractivity contribution in [1.29, 1.82) is 0 Å². The van der Waals surface area contributed by atoms with Crippen molar-refractivity contribution in [3.8, 4) is 5.75 Å². The van der Waals surface area contributed by atoms with Gasteiger partial charge in [-0.15, -0.1) is 0 Å². The second-order valence-electron chi connectivity index (χ2n) is 5.06. The number of hydrogen-bond donors (Lipinski definition) is 1. The normalized spacial score (nSPS) is 12.2. The van der Waals surface area contributed by atoms with Gasteiger partial charge in [-0.3, -0.25) is 0 Å². The van der Waals surface area contributed by atoms with Crippen LogP contribution >= 0.6 is 15.9 Å². The van der Waals surface area contributed by atoms with Gasteiger partial charge in [0.15, 0.2) is 11.6 Å². The molecular weight excluding hydrogens is 333 g/mol. The van der Waals surface area contributed by atoms with E-state index in [0.717, 1.165) is 12.1 Å². The number of likely N-dealkylation sites (N-methyl/N-ethyl adjacent to an activating group) is 1. The second-order valence-corrected chi connectivity index (χ2v) is 5.98. The third kappa shape index (κ3) is 4.55. The monoisotopic (exact) mass is 351 g/mol. The molecule has 4 heteroatoms. The number of rotatable bonds is 6. The SMILES string of the molecule is CNCC(C)c1ccc(COc2ccc(Br)cc2F)cc1. The van der Waals surface area contributed by atoms with Crippen LogP contribution in [0.15, 0.2) is 46.9 Å². The Morgan fingerprint density at radius 2 is 1.90 bits per heavy atom. The van der Waals surface area contributed by atoms with E-state index in [4.69, 9.17) is 4.74 Å². The Bertz CT molecular complexity index is 586. The molecule has 0 saturated heterocycles. The highest BCUT2D eigenvalue weighted by Crippen LogP contribution is 2.22. The second kappa shape index (κ2) is 7.57. The fourth-order valence-electron chi connectivity index (χ4n) is 2.12. The van der Waals surface area contributed by atoms with Gasteiger partial charge in [0.1, 0.15) is 6.61 Å². The van der Waals surface area contributed by atoms with Crippen LogP contribution in [0.5, 0.6) is 5.75 Å². The summed E-state index contributed by atoms with van der Waals surface area (Å²) in [5.41, 5.74) is 2.31. The third-order valence-electron chi connectivity index (χ3n) is 3.35. The molecule has 1 atom stereocenters. The van der Waals surface area contributed by atoms with Crippen LogP contribution < -0.4 is 10.1 Å². The van der Waals surface area contributed by atoms with E-state index in [-0.39, 0.29) is 11.6 Å². The summed E-state index contributed by atoms with van der Waals surface area (Å²) in [6, 6.07) is 13.0. The summed E-state index contributed by atoms with van der Waals surface area (Å²) in [6.45, 7) is 3.48. The first kappa shape index (κ1) is 16.0. The standard InChI is InChI=1S/C17H19BrFNO/c1-12(10-20-2)14-5-3-13(4-6-14)11-21-17-8-7-15(18)9-16(17)19/h3-9,12,20H,10-11H2,1-2H3. The number of ether oxygens (including phenoxy) is 1. The fraction of sp³-hybridized carbons (Fsp3) is 0.294. The lowest BCUT2D eigenvalue weighted by atomic mass is 10.00. The molecule has 0 aliphatic rings. The predicted molar refractivity (Wildman–Crippen MR) is 87.2 cm³/mol. The van der Waals surface area contributed by atoms with Crippen LogP contribution in [-0.4, -0.2) is 13.6 Å². The summed E-state index contributed by atoms with van der Waals surface area (Å²) in [7, 11) is 1.95. The van der Waals surface area contributed by atoms with Gasteiger partial charge in [0.25, 0.3) is 0 Å². The lowest BCUT2D eigenvalue weighted by molar-refractivity contribution is 0.290. The molecule has 21 heavy (non-hydrogen) atoms. The van der Waals surface area contributed by atoms with E-state index in [2.05, 4.69) is 40.3 Å². The zero-order valence-corrected chi connectivity index (χ0v) is 13.8. The highest BCUT2D eigenvalue weighted by atomic mass is 79.9. The third-order valence-corrected chi connectivity index (χ3v) is 3.84. The summed E-state index contributed by atoms with van der Waals surface area (Å²) < 4.78 is 19.9. The number of nitrogens with one attached hydrogen (secondary N) is 1. The molecule has 0 fully saturated rings. The first-order valence-corrected chi connectivity index (χ1v) is 7.70. The molecular formula is C17H19BrFNO. The molecule has 0 aliphatic heterocycles. The van der Waals surface area contributed by atoms with E-state index in [9.17, 15) is 4.39 Å². The van der Waals surface area contributed by atoms with Crippen LogP contribution in [0, 0.1) is 5.82 Å². The van der Waals surface area contributed by atoms with Gasteiger partial charge in [-0.25, -0.2) is 4.39 Å². The summed E-state index contributed by atoms with van der Waals surface area (Å²) in [4.78, 5) is 0. The molecule has 0 bridgehead atoms. The van der Waals surface area contributed by atoms with Gasteiger partial charge < -0.3 is 10.1 Å². The lowest BCUT2D eigenvalue weighted by Gasteiger charge is -2.12. The lowest BCUT2D eigenvalue weighted by Crippen LogP contribution is -2.14. The molecule has 1 unspecified atom stereocenters. The summed E-state index contributed by atoms with van der Waals surface area (Å²) in [5.74, 6) is 0.378. The molecule has 0 aliphatic carbocycles. The molecule has 2 rings (SSSR count). The summed E-state index contributed by atoms with van der Waals surface area (Å²) >= 11 is 3.23. The van der Waals surface area contributed by atoms with Gasteiger partial charge in [0, 0.05) is 11.0 Å². The van der Waals surface area contributed by atoms with Crippen LogP contribution in [0.4, 0.5) is 4.39 Å². The number of hydrogen-bond acceptors (Lipinski definition) is 2. The topological polar surface area (TPSA) is 21.3 Å². The maximum absolute atomic E-state index is 13.6. The number of benzene rings is 2. The Labute approximate surface area is 133 Å². The Balaban J connectivity index is 1.97. The molecule has 0 radical (unpaired) electrons. The van der Waals surface area contributed by atoms with E-state index in [1.807, 2.05) is 19.2 Å². The maximum atomic E-state index is 13.6. The molecule has 1 N–H and O–H groups in total. The Morgan fingerprint density at radius 1 is 1.19 bits per heavy atom. The van der Waals surface area contributed by atoms with E-state index >= 15 is 0 Å². The van der Waals surface area contributed by atoms with Gasteiger partial charge in [0.05, 0.1) is 0 Å². The van der Waals surface area contributed by atoms with E-state index < -0.39 is 0 Å². The van der Waals surface area contributed by atoms with Crippen molar-refractivity contribution in [1.82, 2.24) is 5.32 Å². The quantitative estimate of drug-likeness (QED) is 0.827. The Kier molecular flexibility index (Phi) is 5.76. The van der Waals surface area contributed by atoms with Crippen molar-refractivity contribution in [3.63, 3.8) is 0 Å². The minimum Gasteiger partial charge on any atom is -0.486 e. The molecule has 0 heterocycles. The van der Waals surface area contributed by atoms with Crippen LogP contribution in [0.3, 0.4) is 0 Å². The van der Waals surface area contributed by atoms with Crippen molar-refractivity contribution in [2.24, 2.45) is 0 Å². The zero-order chi connectivity index (χ0) is 15.2. The van der Waals surface area contributed by atoms with Gasteiger partial charge >= 0.3 is 0 Å². The van der Waals surface area contributed by atoms with Crippen molar-refractivity contribution in [3.05, 3.63) is 63.9 Å². The molecule has 0 aromatic heterocycles.